The minimum atomic E-state index is -3.67. The number of anilines is 2. The summed E-state index contributed by atoms with van der Waals surface area (Å²) in [4.78, 5) is 15.6. The van der Waals surface area contributed by atoms with Crippen molar-refractivity contribution in [3.8, 4) is 6.07 Å². The van der Waals surface area contributed by atoms with Crippen LogP contribution in [0.2, 0.25) is 0 Å². The smallest absolute Gasteiger partial charge is 0.261 e. The normalized spacial score (nSPS) is 25.5. The van der Waals surface area contributed by atoms with Gasteiger partial charge >= 0.3 is 0 Å². The summed E-state index contributed by atoms with van der Waals surface area (Å²) in [6.07, 6.45) is 1.78. The lowest BCUT2D eigenvalue weighted by Crippen LogP contribution is -2.48. The number of benzene rings is 1. The standard InChI is InChI=1S/C24H28N6O5S/c1-15-12-29(13-16(2)35-15)36(32,33)19-5-3-18(4-6-19)27-23-22-20(7-9-26-24(22)31)30(28-23)21-14-34-10-8-17(21)11-25/h3-7,9,15-17,21H,8,10,12-14H2,1-2H3,(H,26,31)(H,27,28)/t15-,16-,17?,21-/m0/s1. The Hall–Kier alpha value is -3.24. The number of ether oxygens (including phenoxy) is 2. The summed E-state index contributed by atoms with van der Waals surface area (Å²) in [5, 5.41) is 17.8. The SMILES string of the molecule is C[C@H]1CN(S(=O)(=O)c2ccc(Nc3nn([C@H]4COCCC4C#N)c4cc[nH]c(=O)c34)cc2)C[C@H](C)O1. The minimum absolute atomic E-state index is 0.179. The van der Waals surface area contributed by atoms with Crippen molar-refractivity contribution in [2.75, 3.05) is 31.6 Å². The molecule has 190 valence electrons. The number of nitrogens with zero attached hydrogens (tertiary/aromatic N) is 4. The fourth-order valence-electron chi connectivity index (χ4n) is 4.88. The van der Waals surface area contributed by atoms with Crippen molar-refractivity contribution in [1.29, 1.82) is 5.26 Å². The zero-order valence-corrected chi connectivity index (χ0v) is 20.9. The van der Waals surface area contributed by atoms with Gasteiger partial charge in [-0.2, -0.15) is 14.7 Å². The second kappa shape index (κ2) is 9.67. The average Bonchev–Trinajstić information content (AvgIpc) is 3.23. The van der Waals surface area contributed by atoms with Crippen molar-refractivity contribution < 1.29 is 17.9 Å². The van der Waals surface area contributed by atoms with Gasteiger partial charge in [-0.15, -0.1) is 0 Å². The van der Waals surface area contributed by atoms with Crippen LogP contribution in [0, 0.1) is 17.2 Å². The largest absolute Gasteiger partial charge is 0.379 e. The first-order valence-electron chi connectivity index (χ1n) is 11.9. The van der Waals surface area contributed by atoms with Gasteiger partial charge in [0, 0.05) is 31.6 Å². The third-order valence-corrected chi connectivity index (χ3v) is 8.42. The van der Waals surface area contributed by atoms with Crippen LogP contribution in [0.5, 0.6) is 0 Å². The Labute approximate surface area is 208 Å². The van der Waals surface area contributed by atoms with E-state index < -0.39 is 10.0 Å². The van der Waals surface area contributed by atoms with E-state index in [-0.39, 0.29) is 34.6 Å². The molecule has 2 N–H and O–H groups in total. The van der Waals surface area contributed by atoms with E-state index in [0.717, 1.165) is 0 Å². The highest BCUT2D eigenvalue weighted by Gasteiger charge is 2.33. The Morgan fingerprint density at radius 1 is 1.17 bits per heavy atom. The molecule has 2 aliphatic rings. The fourth-order valence-corrected chi connectivity index (χ4v) is 6.47. The fraction of sp³-hybridized carbons (Fsp3) is 0.458. The van der Waals surface area contributed by atoms with Gasteiger partial charge in [0.15, 0.2) is 5.82 Å². The molecular weight excluding hydrogens is 484 g/mol. The monoisotopic (exact) mass is 512 g/mol. The van der Waals surface area contributed by atoms with Gasteiger partial charge in [-0.1, -0.05) is 0 Å². The second-order valence-corrected chi connectivity index (χ2v) is 11.2. The lowest BCUT2D eigenvalue weighted by molar-refractivity contribution is -0.0440. The van der Waals surface area contributed by atoms with Crippen LogP contribution < -0.4 is 10.9 Å². The number of nitrogens with one attached hydrogen (secondary N) is 2. The molecule has 0 saturated carbocycles. The van der Waals surface area contributed by atoms with E-state index in [4.69, 9.17) is 9.47 Å². The van der Waals surface area contributed by atoms with E-state index in [0.29, 0.717) is 55.1 Å². The number of fused-ring (bicyclic) bond motifs is 1. The first-order valence-corrected chi connectivity index (χ1v) is 13.3. The van der Waals surface area contributed by atoms with Crippen LogP contribution in [0.1, 0.15) is 26.3 Å². The Morgan fingerprint density at radius 3 is 2.58 bits per heavy atom. The summed E-state index contributed by atoms with van der Waals surface area (Å²) >= 11 is 0. The Balaban J connectivity index is 1.44. The molecule has 1 unspecified atom stereocenters. The predicted octanol–water partition coefficient (Wildman–Crippen LogP) is 2.37. The zero-order chi connectivity index (χ0) is 25.4. The summed E-state index contributed by atoms with van der Waals surface area (Å²) in [5.74, 6) is 0.0321. The van der Waals surface area contributed by atoms with Crippen molar-refractivity contribution in [2.24, 2.45) is 5.92 Å². The third kappa shape index (κ3) is 4.51. The second-order valence-electron chi connectivity index (χ2n) is 9.26. The molecule has 0 radical (unpaired) electrons. The molecule has 2 fully saturated rings. The molecular formula is C24H28N6O5S. The number of aromatic amines is 1. The average molecular weight is 513 g/mol. The summed E-state index contributed by atoms with van der Waals surface area (Å²) < 4.78 is 40.7. The molecule has 36 heavy (non-hydrogen) atoms. The third-order valence-electron chi connectivity index (χ3n) is 6.58. The summed E-state index contributed by atoms with van der Waals surface area (Å²) in [7, 11) is -3.67. The Bertz CT molecular complexity index is 1450. The van der Waals surface area contributed by atoms with E-state index in [1.54, 1.807) is 29.1 Å². The van der Waals surface area contributed by atoms with Crippen molar-refractivity contribution in [3.05, 3.63) is 46.9 Å². The molecule has 12 heteroatoms. The van der Waals surface area contributed by atoms with Gasteiger partial charge in [-0.05, 0) is 50.6 Å². The molecule has 0 spiro atoms. The Kier molecular flexibility index (Phi) is 6.57. The number of aromatic nitrogens is 3. The minimum Gasteiger partial charge on any atom is -0.379 e. The van der Waals surface area contributed by atoms with Gasteiger partial charge in [0.2, 0.25) is 10.0 Å². The highest BCUT2D eigenvalue weighted by atomic mass is 32.2. The number of pyridine rings is 1. The Morgan fingerprint density at radius 2 is 1.89 bits per heavy atom. The molecule has 0 aliphatic carbocycles. The number of rotatable bonds is 5. The topological polar surface area (TPSA) is 142 Å². The number of hydrogen-bond donors (Lipinski definition) is 2. The van der Waals surface area contributed by atoms with E-state index in [1.165, 1.54) is 16.4 Å². The van der Waals surface area contributed by atoms with Crippen molar-refractivity contribution >= 4 is 32.4 Å². The molecule has 5 rings (SSSR count). The van der Waals surface area contributed by atoms with Crippen LogP contribution >= 0.6 is 0 Å². The number of morpholine rings is 1. The van der Waals surface area contributed by atoms with Crippen molar-refractivity contribution in [3.63, 3.8) is 0 Å². The molecule has 11 nitrogen and oxygen atoms in total. The first kappa shape index (κ1) is 24.5. The molecule has 0 amide bonds. The van der Waals surface area contributed by atoms with Gasteiger partial charge in [-0.3, -0.25) is 9.48 Å². The molecule has 2 aromatic heterocycles. The highest BCUT2D eigenvalue weighted by Crippen LogP contribution is 2.32. The van der Waals surface area contributed by atoms with Gasteiger partial charge in [0.1, 0.15) is 5.39 Å². The maximum Gasteiger partial charge on any atom is 0.261 e. The number of sulfonamides is 1. The van der Waals surface area contributed by atoms with Crippen LogP contribution in [0.25, 0.3) is 10.9 Å². The van der Waals surface area contributed by atoms with Gasteiger partial charge < -0.3 is 19.8 Å². The first-order chi connectivity index (χ1) is 17.3. The van der Waals surface area contributed by atoms with E-state index in [9.17, 15) is 18.5 Å². The molecule has 2 aliphatic heterocycles. The van der Waals surface area contributed by atoms with Gasteiger partial charge in [-0.25, -0.2) is 8.42 Å². The van der Waals surface area contributed by atoms with Crippen molar-refractivity contribution in [1.82, 2.24) is 19.1 Å². The molecule has 0 bridgehead atoms. The molecule has 2 saturated heterocycles. The predicted molar refractivity (Wildman–Crippen MR) is 132 cm³/mol. The lowest BCUT2D eigenvalue weighted by Gasteiger charge is -2.34. The van der Waals surface area contributed by atoms with E-state index in [1.807, 2.05) is 13.8 Å². The van der Waals surface area contributed by atoms with Crippen molar-refractivity contribution in [2.45, 2.75) is 43.4 Å². The van der Waals surface area contributed by atoms with E-state index >= 15 is 0 Å². The van der Waals surface area contributed by atoms with Crippen LogP contribution in [0.3, 0.4) is 0 Å². The number of nitriles is 1. The molecule has 1 aromatic carbocycles. The molecule has 3 aromatic rings. The maximum atomic E-state index is 13.2. The van der Waals surface area contributed by atoms with E-state index in [2.05, 4.69) is 21.5 Å². The molecule has 4 atom stereocenters. The van der Waals surface area contributed by atoms with Crippen LogP contribution in [0.15, 0.2) is 46.2 Å². The van der Waals surface area contributed by atoms with Crippen LogP contribution in [-0.2, 0) is 19.5 Å². The summed E-state index contributed by atoms with van der Waals surface area (Å²) in [6, 6.07) is 10.1. The quantitative estimate of drug-likeness (QED) is 0.531. The van der Waals surface area contributed by atoms with Crippen LogP contribution in [-0.4, -0.2) is 66.0 Å². The maximum absolute atomic E-state index is 13.2. The highest BCUT2D eigenvalue weighted by molar-refractivity contribution is 7.89. The van der Waals surface area contributed by atoms with Gasteiger partial charge in [0.05, 0.1) is 47.3 Å². The number of H-pyrrole nitrogens is 1. The lowest BCUT2D eigenvalue weighted by atomic mass is 9.96. The van der Waals surface area contributed by atoms with Gasteiger partial charge in [0.25, 0.3) is 5.56 Å². The van der Waals surface area contributed by atoms with Crippen LogP contribution in [0.4, 0.5) is 11.5 Å². The summed E-state index contributed by atoms with van der Waals surface area (Å²) in [5.41, 5.74) is 0.845. The number of hydrogen-bond acceptors (Lipinski definition) is 8. The zero-order valence-electron chi connectivity index (χ0n) is 20.0. The molecule has 4 heterocycles. The summed E-state index contributed by atoms with van der Waals surface area (Å²) in [6.45, 7) is 5.15.